The molecule has 0 saturated carbocycles. The Bertz CT molecular complexity index is 1360. The van der Waals surface area contributed by atoms with E-state index in [2.05, 4.69) is 13.8 Å². The van der Waals surface area contributed by atoms with E-state index in [-0.39, 0.29) is 16.8 Å². The van der Waals surface area contributed by atoms with Crippen LogP contribution in [0.5, 0.6) is 0 Å². The minimum Gasteiger partial charge on any atom is -0.294 e. The van der Waals surface area contributed by atoms with Gasteiger partial charge in [-0.05, 0) is 37.0 Å². The number of hydrogen-bond acceptors (Lipinski definition) is 3. The molecule has 0 radical (unpaired) electrons. The molecule has 2 aromatic carbocycles. The number of hydrogen-bond donors (Lipinski definition) is 0. The molecule has 0 unspecified atom stereocenters. The number of Topliss-reactive ketones (excluding diaryl/α,β-unsaturated/α-hetero) is 1. The first-order chi connectivity index (χ1) is 13.9. The van der Waals surface area contributed by atoms with Crippen molar-refractivity contribution in [2.45, 2.75) is 33.6 Å². The molecule has 0 fully saturated rings. The molecule has 0 atom stereocenters. The molecular weight excluding hydrogens is 360 g/mol. The zero-order valence-corrected chi connectivity index (χ0v) is 16.8. The second kappa shape index (κ2) is 6.11. The molecule has 0 aliphatic heterocycles. The lowest BCUT2D eigenvalue weighted by Crippen LogP contribution is -2.30. The van der Waals surface area contributed by atoms with E-state index in [0.29, 0.717) is 23.1 Å². The quantitative estimate of drug-likeness (QED) is 0.435. The van der Waals surface area contributed by atoms with Crippen LogP contribution >= 0.6 is 0 Å². The van der Waals surface area contributed by atoms with Crippen LogP contribution in [0, 0.1) is 12.3 Å². The third-order valence-corrected chi connectivity index (χ3v) is 5.86. The SMILES string of the molecule is Cc1nc2c(c3c1c(=O)n(-c1ccccc1)c1ccccc31)C(=O)CC(C)(C)C2. The molecule has 2 aromatic heterocycles. The summed E-state index contributed by atoms with van der Waals surface area (Å²) in [6.07, 6.45) is 1.21. The fourth-order valence-electron chi connectivity index (χ4n) is 4.70. The standard InChI is InChI=1S/C25H22N2O2/c1-15-21-22(23-18(26-15)13-25(2,3)14-20(23)28)17-11-7-8-12-19(17)27(24(21)29)16-9-5-4-6-10-16/h4-12H,13-14H2,1-3H3. The Morgan fingerprint density at radius 3 is 2.34 bits per heavy atom. The zero-order valence-electron chi connectivity index (χ0n) is 16.8. The van der Waals surface area contributed by atoms with Gasteiger partial charge in [-0.15, -0.1) is 0 Å². The molecule has 1 aliphatic carbocycles. The van der Waals surface area contributed by atoms with E-state index in [1.165, 1.54) is 0 Å². The van der Waals surface area contributed by atoms with Gasteiger partial charge in [-0.2, -0.15) is 0 Å². The Hall–Kier alpha value is -3.27. The molecule has 0 saturated heterocycles. The van der Waals surface area contributed by atoms with Gasteiger partial charge < -0.3 is 0 Å². The predicted molar refractivity (Wildman–Crippen MR) is 116 cm³/mol. The normalized spacial score (nSPS) is 15.6. The van der Waals surface area contributed by atoms with Gasteiger partial charge in [0.2, 0.25) is 0 Å². The van der Waals surface area contributed by atoms with Gasteiger partial charge >= 0.3 is 0 Å². The van der Waals surface area contributed by atoms with Crippen molar-refractivity contribution in [1.82, 2.24) is 9.55 Å². The first-order valence-corrected chi connectivity index (χ1v) is 9.93. The smallest absolute Gasteiger partial charge is 0.265 e. The number of aryl methyl sites for hydroxylation is 1. The molecule has 29 heavy (non-hydrogen) atoms. The first-order valence-electron chi connectivity index (χ1n) is 9.93. The lowest BCUT2D eigenvalue weighted by molar-refractivity contribution is 0.0912. The van der Waals surface area contributed by atoms with E-state index >= 15 is 0 Å². The van der Waals surface area contributed by atoms with E-state index in [0.717, 1.165) is 34.1 Å². The van der Waals surface area contributed by atoms with Crippen LogP contribution in [0.15, 0.2) is 59.4 Å². The minimum atomic E-state index is -0.129. The fraction of sp³-hybridized carbons (Fsp3) is 0.240. The molecule has 4 aromatic rings. The second-order valence-electron chi connectivity index (χ2n) is 8.70. The van der Waals surface area contributed by atoms with Crippen molar-refractivity contribution in [2.24, 2.45) is 5.41 Å². The molecule has 0 spiro atoms. The average Bonchev–Trinajstić information content (AvgIpc) is 2.67. The van der Waals surface area contributed by atoms with E-state index in [9.17, 15) is 9.59 Å². The van der Waals surface area contributed by atoms with Crippen LogP contribution in [0.1, 0.15) is 42.0 Å². The highest BCUT2D eigenvalue weighted by Crippen LogP contribution is 2.39. The van der Waals surface area contributed by atoms with Crippen molar-refractivity contribution in [3.05, 3.63) is 81.9 Å². The maximum absolute atomic E-state index is 13.7. The Labute approximate surface area is 168 Å². The Morgan fingerprint density at radius 1 is 0.897 bits per heavy atom. The van der Waals surface area contributed by atoms with E-state index in [1.807, 2.05) is 61.5 Å². The third-order valence-electron chi connectivity index (χ3n) is 5.86. The molecule has 5 rings (SSSR count). The molecule has 0 N–H and O–H groups in total. The summed E-state index contributed by atoms with van der Waals surface area (Å²) in [6, 6.07) is 17.5. The van der Waals surface area contributed by atoms with Crippen molar-refractivity contribution in [1.29, 1.82) is 0 Å². The molecule has 1 aliphatic rings. The molecule has 144 valence electrons. The fourth-order valence-corrected chi connectivity index (χ4v) is 4.70. The van der Waals surface area contributed by atoms with Crippen molar-refractivity contribution in [2.75, 3.05) is 0 Å². The van der Waals surface area contributed by atoms with Gasteiger partial charge in [-0.1, -0.05) is 50.2 Å². The van der Waals surface area contributed by atoms with Crippen LogP contribution in [0.3, 0.4) is 0 Å². The number of carbonyl (C=O) groups is 1. The number of pyridine rings is 2. The lowest BCUT2D eigenvalue weighted by atomic mass is 9.74. The van der Waals surface area contributed by atoms with Crippen LogP contribution in [-0.2, 0) is 6.42 Å². The van der Waals surface area contributed by atoms with Crippen LogP contribution in [-0.4, -0.2) is 15.3 Å². The molecule has 2 heterocycles. The number of ketones is 1. The van der Waals surface area contributed by atoms with Crippen LogP contribution in [0.25, 0.3) is 27.4 Å². The summed E-state index contributed by atoms with van der Waals surface area (Å²) in [7, 11) is 0. The topological polar surface area (TPSA) is 52.0 Å². The van der Waals surface area contributed by atoms with Crippen LogP contribution < -0.4 is 5.56 Å². The summed E-state index contributed by atoms with van der Waals surface area (Å²) >= 11 is 0. The summed E-state index contributed by atoms with van der Waals surface area (Å²) in [5, 5.41) is 2.22. The van der Waals surface area contributed by atoms with Gasteiger partial charge in [0.25, 0.3) is 5.56 Å². The highest BCUT2D eigenvalue weighted by Gasteiger charge is 2.34. The second-order valence-corrected chi connectivity index (χ2v) is 8.70. The summed E-state index contributed by atoms with van der Waals surface area (Å²) in [4.78, 5) is 31.6. The summed E-state index contributed by atoms with van der Waals surface area (Å²) < 4.78 is 1.73. The third kappa shape index (κ3) is 2.63. The van der Waals surface area contributed by atoms with Gasteiger partial charge in [0.1, 0.15) is 0 Å². The Morgan fingerprint density at radius 2 is 1.59 bits per heavy atom. The van der Waals surface area contributed by atoms with Crippen LogP contribution in [0.2, 0.25) is 0 Å². The molecule has 0 bridgehead atoms. The number of benzene rings is 2. The largest absolute Gasteiger partial charge is 0.294 e. The number of fused-ring (bicyclic) bond motifs is 5. The predicted octanol–water partition coefficient (Wildman–Crippen LogP) is 5.00. The highest BCUT2D eigenvalue weighted by molar-refractivity contribution is 6.19. The van der Waals surface area contributed by atoms with E-state index in [1.54, 1.807) is 4.57 Å². The van der Waals surface area contributed by atoms with Gasteiger partial charge in [-0.3, -0.25) is 19.1 Å². The maximum atomic E-state index is 13.7. The van der Waals surface area contributed by atoms with Crippen molar-refractivity contribution in [3.8, 4) is 5.69 Å². The van der Waals surface area contributed by atoms with E-state index < -0.39 is 0 Å². The average molecular weight is 382 g/mol. The van der Waals surface area contributed by atoms with Crippen LogP contribution in [0.4, 0.5) is 0 Å². The molecular formula is C25H22N2O2. The Kier molecular flexibility index (Phi) is 3.75. The summed E-state index contributed by atoms with van der Waals surface area (Å²) in [5.41, 5.74) is 3.50. The van der Waals surface area contributed by atoms with Crippen molar-refractivity contribution in [3.63, 3.8) is 0 Å². The van der Waals surface area contributed by atoms with Gasteiger partial charge in [0, 0.05) is 28.4 Å². The molecule has 4 heteroatoms. The maximum Gasteiger partial charge on any atom is 0.265 e. The monoisotopic (exact) mass is 382 g/mol. The highest BCUT2D eigenvalue weighted by atomic mass is 16.1. The minimum absolute atomic E-state index is 0.0794. The number of aromatic nitrogens is 2. The summed E-state index contributed by atoms with van der Waals surface area (Å²) in [5.74, 6) is 0.0794. The van der Waals surface area contributed by atoms with E-state index in [4.69, 9.17) is 4.98 Å². The van der Waals surface area contributed by atoms with Crippen molar-refractivity contribution >= 4 is 27.5 Å². The zero-order chi connectivity index (χ0) is 20.3. The number of nitrogens with zero attached hydrogens (tertiary/aromatic N) is 2. The molecule has 4 nitrogen and oxygen atoms in total. The first kappa shape index (κ1) is 17.8. The summed E-state index contributed by atoms with van der Waals surface area (Å²) in [6.45, 7) is 6.07. The van der Waals surface area contributed by atoms with Gasteiger partial charge in [0.15, 0.2) is 5.78 Å². The van der Waals surface area contributed by atoms with Gasteiger partial charge in [0.05, 0.1) is 22.3 Å². The number of para-hydroxylation sites is 2. The van der Waals surface area contributed by atoms with Gasteiger partial charge in [-0.25, -0.2) is 0 Å². The Balaban J connectivity index is 2.02. The van der Waals surface area contributed by atoms with Crippen molar-refractivity contribution < 1.29 is 4.79 Å². The number of carbonyl (C=O) groups excluding carboxylic acids is 1. The lowest BCUT2D eigenvalue weighted by Gasteiger charge is -2.30. The number of rotatable bonds is 1. The molecule has 0 amide bonds.